The standard InChI is InChI=1S/C21H14N2O3/c24-19(14-6-2-1-3-7-14)22-15-10-12-16(13-11-15)23-20(25)17-8-4-5-9-18(17)21(23)26/h1-13H,(H,22,24). The molecule has 1 heterocycles. The van der Waals surface area contributed by atoms with Crippen LogP contribution in [0.3, 0.4) is 0 Å². The van der Waals surface area contributed by atoms with E-state index < -0.39 is 0 Å². The Kier molecular flexibility index (Phi) is 3.82. The molecular formula is C21H14N2O3. The molecule has 4 rings (SSSR count). The molecule has 0 saturated heterocycles. The van der Waals surface area contributed by atoms with E-state index in [2.05, 4.69) is 5.32 Å². The number of nitrogens with zero attached hydrogens (tertiary/aromatic N) is 1. The lowest BCUT2D eigenvalue weighted by Gasteiger charge is -2.14. The first kappa shape index (κ1) is 15.8. The Morgan fingerprint density at radius 2 is 1.23 bits per heavy atom. The summed E-state index contributed by atoms with van der Waals surface area (Å²) in [5, 5.41) is 2.79. The topological polar surface area (TPSA) is 66.5 Å². The van der Waals surface area contributed by atoms with Crippen molar-refractivity contribution in [3.8, 4) is 0 Å². The van der Waals surface area contributed by atoms with Crippen LogP contribution >= 0.6 is 0 Å². The van der Waals surface area contributed by atoms with Crippen LogP contribution in [-0.2, 0) is 0 Å². The van der Waals surface area contributed by atoms with Crippen LogP contribution < -0.4 is 10.2 Å². The van der Waals surface area contributed by atoms with Gasteiger partial charge in [-0.25, -0.2) is 4.90 Å². The van der Waals surface area contributed by atoms with Crippen molar-refractivity contribution >= 4 is 29.1 Å². The molecule has 3 aromatic carbocycles. The van der Waals surface area contributed by atoms with Crippen molar-refractivity contribution in [3.05, 3.63) is 95.6 Å². The van der Waals surface area contributed by atoms with Gasteiger partial charge in [0.25, 0.3) is 17.7 Å². The molecule has 0 radical (unpaired) electrons. The fourth-order valence-electron chi connectivity index (χ4n) is 2.91. The second-order valence-electron chi connectivity index (χ2n) is 5.86. The Labute approximate surface area is 149 Å². The molecule has 0 atom stereocenters. The fraction of sp³-hybridized carbons (Fsp3) is 0. The first-order valence-electron chi connectivity index (χ1n) is 8.09. The molecule has 0 fully saturated rings. The molecule has 0 aliphatic carbocycles. The Bertz CT molecular complexity index is 976. The van der Waals surface area contributed by atoms with Gasteiger partial charge in [-0.05, 0) is 48.5 Å². The first-order chi connectivity index (χ1) is 12.6. The normalized spacial score (nSPS) is 12.8. The molecule has 1 aliphatic rings. The summed E-state index contributed by atoms with van der Waals surface area (Å²) in [6.07, 6.45) is 0. The Hall–Kier alpha value is -3.73. The maximum atomic E-state index is 12.5. The van der Waals surface area contributed by atoms with Gasteiger partial charge in [0, 0.05) is 11.3 Å². The zero-order valence-corrected chi connectivity index (χ0v) is 13.7. The average molecular weight is 342 g/mol. The molecule has 5 nitrogen and oxygen atoms in total. The van der Waals surface area contributed by atoms with Gasteiger partial charge in [-0.2, -0.15) is 0 Å². The molecule has 0 bridgehead atoms. The number of carbonyl (C=O) groups is 3. The number of rotatable bonds is 3. The van der Waals surface area contributed by atoms with E-state index in [-0.39, 0.29) is 17.7 Å². The van der Waals surface area contributed by atoms with Crippen LogP contribution in [0, 0.1) is 0 Å². The molecule has 126 valence electrons. The summed E-state index contributed by atoms with van der Waals surface area (Å²) in [5.41, 5.74) is 2.41. The number of carbonyl (C=O) groups excluding carboxylic acids is 3. The van der Waals surface area contributed by atoms with Crippen LogP contribution in [0.1, 0.15) is 31.1 Å². The lowest BCUT2D eigenvalue weighted by molar-refractivity contribution is 0.0924. The molecule has 5 heteroatoms. The summed E-state index contributed by atoms with van der Waals surface area (Å²) in [6.45, 7) is 0. The van der Waals surface area contributed by atoms with E-state index in [0.717, 1.165) is 4.90 Å². The molecule has 0 saturated carbocycles. The van der Waals surface area contributed by atoms with Crippen molar-refractivity contribution in [1.29, 1.82) is 0 Å². The summed E-state index contributed by atoms with van der Waals surface area (Å²) in [4.78, 5) is 38.3. The van der Waals surface area contributed by atoms with Crippen LogP contribution in [-0.4, -0.2) is 17.7 Å². The molecule has 26 heavy (non-hydrogen) atoms. The van der Waals surface area contributed by atoms with E-state index in [4.69, 9.17) is 0 Å². The highest BCUT2D eigenvalue weighted by molar-refractivity contribution is 6.34. The molecule has 0 aromatic heterocycles. The predicted molar refractivity (Wildman–Crippen MR) is 98.4 cm³/mol. The smallest absolute Gasteiger partial charge is 0.266 e. The number of hydrogen-bond donors (Lipinski definition) is 1. The van der Waals surface area contributed by atoms with Crippen LogP contribution in [0.15, 0.2) is 78.9 Å². The van der Waals surface area contributed by atoms with Gasteiger partial charge in [0.05, 0.1) is 16.8 Å². The molecule has 1 N–H and O–H groups in total. The SMILES string of the molecule is O=C(Nc1ccc(N2C(=O)c3ccccc3C2=O)cc1)c1ccccc1. The van der Waals surface area contributed by atoms with E-state index >= 15 is 0 Å². The average Bonchev–Trinajstić information content (AvgIpc) is 2.94. The number of amides is 3. The van der Waals surface area contributed by atoms with Gasteiger partial charge in [-0.15, -0.1) is 0 Å². The van der Waals surface area contributed by atoms with Crippen LogP contribution in [0.5, 0.6) is 0 Å². The van der Waals surface area contributed by atoms with Crippen LogP contribution in [0.25, 0.3) is 0 Å². The molecular weight excluding hydrogens is 328 g/mol. The van der Waals surface area contributed by atoms with E-state index in [1.165, 1.54) is 0 Å². The number of benzene rings is 3. The van der Waals surface area contributed by atoms with E-state index in [9.17, 15) is 14.4 Å². The number of hydrogen-bond acceptors (Lipinski definition) is 3. The summed E-state index contributed by atoms with van der Waals surface area (Å²) < 4.78 is 0. The minimum Gasteiger partial charge on any atom is -0.322 e. The minimum absolute atomic E-state index is 0.223. The summed E-state index contributed by atoms with van der Waals surface area (Å²) >= 11 is 0. The van der Waals surface area contributed by atoms with Crippen molar-refractivity contribution < 1.29 is 14.4 Å². The predicted octanol–water partition coefficient (Wildman–Crippen LogP) is 3.74. The zero-order valence-electron chi connectivity index (χ0n) is 13.7. The van der Waals surface area contributed by atoms with Crippen molar-refractivity contribution in [2.24, 2.45) is 0 Å². The fourth-order valence-corrected chi connectivity index (χ4v) is 2.91. The van der Waals surface area contributed by atoms with E-state index in [0.29, 0.717) is 28.1 Å². The van der Waals surface area contributed by atoms with Gasteiger partial charge < -0.3 is 5.32 Å². The lowest BCUT2D eigenvalue weighted by atomic mass is 10.1. The maximum Gasteiger partial charge on any atom is 0.266 e. The number of imide groups is 1. The van der Waals surface area contributed by atoms with Crippen molar-refractivity contribution in [2.75, 3.05) is 10.2 Å². The number of anilines is 2. The summed E-state index contributed by atoms with van der Waals surface area (Å²) in [7, 11) is 0. The number of fused-ring (bicyclic) bond motifs is 1. The van der Waals surface area contributed by atoms with Gasteiger partial charge in [-0.3, -0.25) is 14.4 Å². The van der Waals surface area contributed by atoms with E-state index in [1.807, 2.05) is 6.07 Å². The Morgan fingerprint density at radius 3 is 1.81 bits per heavy atom. The molecule has 0 unspecified atom stereocenters. The van der Waals surface area contributed by atoms with Gasteiger partial charge in [0.15, 0.2) is 0 Å². The summed E-state index contributed by atoms with van der Waals surface area (Å²) in [6, 6.07) is 22.2. The highest BCUT2D eigenvalue weighted by Gasteiger charge is 2.36. The second-order valence-corrected chi connectivity index (χ2v) is 5.86. The summed E-state index contributed by atoms with van der Waals surface area (Å²) in [5.74, 6) is -0.905. The highest BCUT2D eigenvalue weighted by Crippen LogP contribution is 2.29. The van der Waals surface area contributed by atoms with Crippen molar-refractivity contribution in [1.82, 2.24) is 0 Å². The second kappa shape index (κ2) is 6.29. The van der Waals surface area contributed by atoms with Crippen molar-refractivity contribution in [3.63, 3.8) is 0 Å². The lowest BCUT2D eigenvalue weighted by Crippen LogP contribution is -2.29. The third-order valence-electron chi connectivity index (χ3n) is 4.21. The monoisotopic (exact) mass is 342 g/mol. The van der Waals surface area contributed by atoms with Crippen LogP contribution in [0.4, 0.5) is 11.4 Å². The van der Waals surface area contributed by atoms with Gasteiger partial charge >= 0.3 is 0 Å². The minimum atomic E-state index is -0.341. The maximum absolute atomic E-state index is 12.5. The van der Waals surface area contributed by atoms with Gasteiger partial charge in [-0.1, -0.05) is 30.3 Å². The van der Waals surface area contributed by atoms with E-state index in [1.54, 1.807) is 72.8 Å². The van der Waals surface area contributed by atoms with Gasteiger partial charge in [0.1, 0.15) is 0 Å². The Morgan fingerprint density at radius 1 is 0.692 bits per heavy atom. The molecule has 0 spiro atoms. The first-order valence-corrected chi connectivity index (χ1v) is 8.09. The van der Waals surface area contributed by atoms with Crippen molar-refractivity contribution in [2.45, 2.75) is 0 Å². The third kappa shape index (κ3) is 2.65. The van der Waals surface area contributed by atoms with Gasteiger partial charge in [0.2, 0.25) is 0 Å². The Balaban J connectivity index is 1.55. The molecule has 3 aromatic rings. The molecule has 1 aliphatic heterocycles. The van der Waals surface area contributed by atoms with Crippen LogP contribution in [0.2, 0.25) is 0 Å². The quantitative estimate of drug-likeness (QED) is 0.737. The third-order valence-corrected chi connectivity index (χ3v) is 4.21. The zero-order chi connectivity index (χ0) is 18.1. The largest absolute Gasteiger partial charge is 0.322 e. The number of nitrogens with one attached hydrogen (secondary N) is 1. The molecule has 3 amide bonds. The highest BCUT2D eigenvalue weighted by atomic mass is 16.2.